The van der Waals surface area contributed by atoms with E-state index >= 15 is 0 Å². The average Bonchev–Trinajstić information content (AvgIpc) is 3.78. The van der Waals surface area contributed by atoms with Crippen LogP contribution >= 0.6 is 11.3 Å². The van der Waals surface area contributed by atoms with Crippen LogP contribution in [0, 0.1) is 0 Å². The van der Waals surface area contributed by atoms with Gasteiger partial charge in [0, 0.05) is 31.0 Å². The Kier molecular flexibility index (Phi) is 6.16. The molecule has 10 aromatic rings. The first-order valence-electron chi connectivity index (χ1n) is 19.5. The van der Waals surface area contributed by atoms with Gasteiger partial charge in [-0.25, -0.2) is 0 Å². The minimum Gasteiger partial charge on any atom is -0.135 e. The zero-order chi connectivity index (χ0) is 36.8. The highest BCUT2D eigenvalue weighted by atomic mass is 32.1. The van der Waals surface area contributed by atoms with E-state index < -0.39 is 0 Å². The monoisotopic (exact) mass is 718 g/mol. The maximum Gasteiger partial charge on any atom is 0.0361 e. The van der Waals surface area contributed by atoms with E-state index in [-0.39, 0.29) is 10.8 Å². The van der Waals surface area contributed by atoms with Gasteiger partial charge in [-0.2, -0.15) is 0 Å². The normalized spacial score (nSPS) is 14.8. The topological polar surface area (TPSA) is 0 Å². The minimum absolute atomic E-state index is 0.0573. The van der Waals surface area contributed by atoms with E-state index in [1.165, 1.54) is 119 Å². The second-order valence-corrected chi connectivity index (χ2v) is 17.9. The molecule has 1 aromatic heterocycles. The zero-order valence-corrected chi connectivity index (χ0v) is 32.2. The molecule has 9 aromatic carbocycles. The summed E-state index contributed by atoms with van der Waals surface area (Å²) in [7, 11) is 0. The highest BCUT2D eigenvalue weighted by Crippen LogP contribution is 2.55. The van der Waals surface area contributed by atoms with Crippen LogP contribution in [0.25, 0.3) is 97.0 Å². The molecule has 0 saturated heterocycles. The first-order valence-corrected chi connectivity index (χ1v) is 20.3. The van der Waals surface area contributed by atoms with Gasteiger partial charge >= 0.3 is 0 Å². The summed E-state index contributed by atoms with van der Waals surface area (Å²) >= 11 is 1.93. The molecule has 0 spiro atoms. The smallest absolute Gasteiger partial charge is 0.0361 e. The Labute approximate surface area is 325 Å². The van der Waals surface area contributed by atoms with Crippen LogP contribution in [0.3, 0.4) is 0 Å². The lowest BCUT2D eigenvalue weighted by Gasteiger charge is -2.24. The van der Waals surface area contributed by atoms with Crippen LogP contribution in [-0.4, -0.2) is 0 Å². The fourth-order valence-corrected chi connectivity index (χ4v) is 11.7. The molecule has 0 bridgehead atoms. The third-order valence-electron chi connectivity index (χ3n) is 13.2. The molecule has 55 heavy (non-hydrogen) atoms. The van der Waals surface area contributed by atoms with E-state index in [0.717, 1.165) is 0 Å². The van der Waals surface area contributed by atoms with E-state index in [1.807, 2.05) is 11.3 Å². The minimum atomic E-state index is -0.131. The van der Waals surface area contributed by atoms with Gasteiger partial charge < -0.3 is 0 Å². The van der Waals surface area contributed by atoms with Gasteiger partial charge in [-0.05, 0) is 129 Å². The molecule has 12 rings (SSSR count). The Hall–Kier alpha value is -6.02. The van der Waals surface area contributed by atoms with Crippen molar-refractivity contribution in [2.24, 2.45) is 0 Å². The fraction of sp³-hybridized carbons (Fsp3) is 0.111. The predicted octanol–water partition coefficient (Wildman–Crippen LogP) is 15.5. The van der Waals surface area contributed by atoms with Crippen LogP contribution in [0.2, 0.25) is 0 Å². The zero-order valence-electron chi connectivity index (χ0n) is 31.4. The molecule has 0 N–H and O–H groups in total. The summed E-state index contributed by atoms with van der Waals surface area (Å²) in [5.74, 6) is 0. The van der Waals surface area contributed by atoms with Gasteiger partial charge in [0.05, 0.1) is 0 Å². The summed E-state index contributed by atoms with van der Waals surface area (Å²) in [6, 6.07) is 60.0. The maximum absolute atomic E-state index is 2.51. The molecular weight excluding hydrogens is 681 g/mol. The summed E-state index contributed by atoms with van der Waals surface area (Å²) in [6.45, 7) is 9.59. The molecule has 260 valence electrons. The molecule has 2 aliphatic rings. The van der Waals surface area contributed by atoms with Gasteiger partial charge in [0.15, 0.2) is 0 Å². The van der Waals surface area contributed by atoms with E-state index in [1.54, 1.807) is 0 Å². The Morgan fingerprint density at radius 2 is 0.836 bits per heavy atom. The average molecular weight is 719 g/mol. The maximum atomic E-state index is 2.51. The number of hydrogen-bond acceptors (Lipinski definition) is 1. The summed E-state index contributed by atoms with van der Waals surface area (Å²) in [5.41, 5.74) is 16.1. The van der Waals surface area contributed by atoms with Gasteiger partial charge in [-0.1, -0.05) is 155 Å². The molecule has 0 radical (unpaired) electrons. The second kappa shape index (κ2) is 10.8. The van der Waals surface area contributed by atoms with Crippen molar-refractivity contribution in [1.82, 2.24) is 0 Å². The molecule has 0 nitrogen and oxygen atoms in total. The van der Waals surface area contributed by atoms with Crippen LogP contribution < -0.4 is 0 Å². The van der Waals surface area contributed by atoms with Crippen molar-refractivity contribution in [3.63, 3.8) is 0 Å². The van der Waals surface area contributed by atoms with E-state index in [4.69, 9.17) is 0 Å². The Morgan fingerprint density at radius 1 is 0.345 bits per heavy atom. The molecule has 0 amide bonds. The molecule has 0 unspecified atom stereocenters. The number of fused-ring (bicyclic) bond motifs is 13. The SMILES string of the molecule is CC1(C)c2ccccc2-c2ccc(-c3c4ccccc4c(-c4ccc5c(c4)C(C)(C)c4cc6sc7ccc8ccccc8c7c6cc4-5)c4ccccc34)cc21. The molecular formula is C54H38S. The third kappa shape index (κ3) is 4.12. The number of benzene rings is 9. The molecule has 1 heterocycles. The standard InChI is InChI=1S/C54H38S/c1-53(2)44-20-12-11-15-35(44)36-24-21-32(27-45(36)53)50-38-16-7-9-18-40(38)51(41-19-10-8-17-39(41)50)33-22-25-37-42-29-43-49(30-47(42)54(3,4)46(37)28-33)55-48-26-23-31-13-5-6-14-34(31)52(43)48/h5-30H,1-4H3. The van der Waals surface area contributed by atoms with E-state index in [0.29, 0.717) is 0 Å². The first kappa shape index (κ1) is 31.3. The van der Waals surface area contributed by atoms with Crippen molar-refractivity contribution in [3.05, 3.63) is 180 Å². The quantitative estimate of drug-likeness (QED) is 0.156. The van der Waals surface area contributed by atoms with Gasteiger partial charge in [0.25, 0.3) is 0 Å². The highest BCUT2D eigenvalue weighted by molar-refractivity contribution is 7.26. The Bertz CT molecular complexity index is 3260. The summed E-state index contributed by atoms with van der Waals surface area (Å²) < 4.78 is 2.74. The summed E-state index contributed by atoms with van der Waals surface area (Å²) in [4.78, 5) is 0. The van der Waals surface area contributed by atoms with Crippen LogP contribution in [0.15, 0.2) is 158 Å². The highest BCUT2D eigenvalue weighted by Gasteiger charge is 2.38. The van der Waals surface area contributed by atoms with Crippen molar-refractivity contribution < 1.29 is 0 Å². The third-order valence-corrected chi connectivity index (χ3v) is 14.4. The Morgan fingerprint density at radius 3 is 1.47 bits per heavy atom. The molecule has 1 heteroatoms. The summed E-state index contributed by atoms with van der Waals surface area (Å²) in [6.07, 6.45) is 0. The molecule has 0 aliphatic heterocycles. The molecule has 0 saturated carbocycles. The second-order valence-electron chi connectivity index (χ2n) is 16.8. The van der Waals surface area contributed by atoms with Crippen LogP contribution in [-0.2, 0) is 10.8 Å². The van der Waals surface area contributed by atoms with Gasteiger partial charge in [-0.15, -0.1) is 11.3 Å². The van der Waals surface area contributed by atoms with Crippen LogP contribution in [0.4, 0.5) is 0 Å². The van der Waals surface area contributed by atoms with Gasteiger partial charge in [-0.3, -0.25) is 0 Å². The molecule has 0 fully saturated rings. The largest absolute Gasteiger partial charge is 0.135 e. The molecule has 2 aliphatic carbocycles. The Balaban J connectivity index is 1.07. The van der Waals surface area contributed by atoms with Crippen molar-refractivity contribution in [2.75, 3.05) is 0 Å². The van der Waals surface area contributed by atoms with Crippen molar-refractivity contribution >= 4 is 63.8 Å². The van der Waals surface area contributed by atoms with Gasteiger partial charge in [0.2, 0.25) is 0 Å². The summed E-state index contributed by atoms with van der Waals surface area (Å²) in [5, 5.41) is 10.6. The van der Waals surface area contributed by atoms with Gasteiger partial charge in [0.1, 0.15) is 0 Å². The van der Waals surface area contributed by atoms with E-state index in [2.05, 4.69) is 185 Å². The number of thiophene rings is 1. The van der Waals surface area contributed by atoms with E-state index in [9.17, 15) is 0 Å². The molecule has 0 atom stereocenters. The number of rotatable bonds is 2. The van der Waals surface area contributed by atoms with Crippen molar-refractivity contribution in [2.45, 2.75) is 38.5 Å². The van der Waals surface area contributed by atoms with Crippen molar-refractivity contribution in [3.8, 4) is 44.5 Å². The van der Waals surface area contributed by atoms with Crippen LogP contribution in [0.1, 0.15) is 49.9 Å². The fourth-order valence-electron chi connectivity index (χ4n) is 10.5. The van der Waals surface area contributed by atoms with Crippen LogP contribution in [0.5, 0.6) is 0 Å². The van der Waals surface area contributed by atoms with Crippen molar-refractivity contribution in [1.29, 1.82) is 0 Å². The number of hydrogen-bond donors (Lipinski definition) is 0. The lowest BCUT2D eigenvalue weighted by atomic mass is 9.79. The lowest BCUT2D eigenvalue weighted by molar-refractivity contribution is 0.660. The first-order chi connectivity index (χ1) is 26.8. The predicted molar refractivity (Wildman–Crippen MR) is 238 cm³/mol. The lowest BCUT2D eigenvalue weighted by Crippen LogP contribution is -2.15.